The Balaban J connectivity index is 1.99. The molecule has 1 atom stereocenters. The number of ether oxygens (including phenoxy) is 1. The van der Waals surface area contributed by atoms with E-state index in [4.69, 9.17) is 4.74 Å². The molecule has 1 saturated carbocycles. The van der Waals surface area contributed by atoms with E-state index in [2.05, 4.69) is 43.6 Å². The number of hydrogen-bond acceptors (Lipinski definition) is 2. The Hall–Kier alpha value is -0.540. The zero-order valence-electron chi connectivity index (χ0n) is 13.4. The molecule has 2 aliphatic rings. The normalized spacial score (nSPS) is 28.8. The van der Waals surface area contributed by atoms with Gasteiger partial charge in [-0.3, -0.25) is 0 Å². The van der Waals surface area contributed by atoms with Crippen molar-refractivity contribution in [3.05, 3.63) is 28.2 Å². The van der Waals surface area contributed by atoms with E-state index in [9.17, 15) is 5.11 Å². The molecule has 1 spiro atoms. The number of halogens is 1. The van der Waals surface area contributed by atoms with Gasteiger partial charge in [-0.2, -0.15) is 0 Å². The lowest BCUT2D eigenvalue weighted by molar-refractivity contribution is -0.104. The minimum atomic E-state index is -0.434. The second kappa shape index (κ2) is 4.73. The van der Waals surface area contributed by atoms with Crippen LogP contribution in [0.5, 0.6) is 5.75 Å². The summed E-state index contributed by atoms with van der Waals surface area (Å²) in [5.74, 6) is 0.852. The molecule has 0 radical (unpaired) electrons. The van der Waals surface area contributed by atoms with Crippen LogP contribution in [-0.4, -0.2) is 10.7 Å². The molecule has 0 amide bonds. The molecular formula is C18H25BrO2. The fourth-order valence-electron chi connectivity index (χ4n) is 5.05. The van der Waals surface area contributed by atoms with E-state index >= 15 is 0 Å². The van der Waals surface area contributed by atoms with Crippen molar-refractivity contribution >= 4 is 15.9 Å². The van der Waals surface area contributed by atoms with Crippen molar-refractivity contribution in [3.63, 3.8) is 0 Å². The number of aliphatic hydroxyl groups is 1. The highest BCUT2D eigenvalue weighted by Crippen LogP contribution is 2.56. The average molecular weight is 353 g/mol. The molecular weight excluding hydrogens is 328 g/mol. The molecule has 1 N–H and O–H groups in total. The van der Waals surface area contributed by atoms with Gasteiger partial charge in [0, 0.05) is 16.5 Å². The molecule has 0 unspecified atom stereocenters. The number of aliphatic hydroxyl groups excluding tert-OH is 1. The fourth-order valence-corrected chi connectivity index (χ4v) is 5.43. The van der Waals surface area contributed by atoms with E-state index in [-0.39, 0.29) is 16.4 Å². The SMILES string of the molecule is CC1(C)CC(C)(C)CC2(C[C@H](O)c3cc(Br)ccc3O2)C1. The molecule has 2 nitrogen and oxygen atoms in total. The lowest BCUT2D eigenvalue weighted by atomic mass is 9.58. The van der Waals surface area contributed by atoms with Crippen LogP contribution in [0.15, 0.2) is 22.7 Å². The van der Waals surface area contributed by atoms with Gasteiger partial charge in [-0.05, 0) is 48.3 Å². The maximum Gasteiger partial charge on any atom is 0.126 e. The van der Waals surface area contributed by atoms with Crippen LogP contribution in [0.4, 0.5) is 0 Å². The van der Waals surface area contributed by atoms with Crippen molar-refractivity contribution in [3.8, 4) is 5.75 Å². The van der Waals surface area contributed by atoms with Crippen LogP contribution < -0.4 is 4.74 Å². The van der Waals surface area contributed by atoms with Gasteiger partial charge in [-0.25, -0.2) is 0 Å². The summed E-state index contributed by atoms with van der Waals surface area (Å²) in [5, 5.41) is 10.6. The Morgan fingerprint density at radius 2 is 1.71 bits per heavy atom. The topological polar surface area (TPSA) is 29.5 Å². The van der Waals surface area contributed by atoms with Crippen molar-refractivity contribution in [2.45, 2.75) is 65.1 Å². The van der Waals surface area contributed by atoms with Crippen molar-refractivity contribution < 1.29 is 9.84 Å². The molecule has 1 aromatic carbocycles. The Labute approximate surface area is 136 Å². The largest absolute Gasteiger partial charge is 0.487 e. The fraction of sp³-hybridized carbons (Fsp3) is 0.667. The summed E-state index contributed by atoms with van der Waals surface area (Å²) >= 11 is 3.47. The van der Waals surface area contributed by atoms with Gasteiger partial charge in [-0.15, -0.1) is 0 Å². The maximum absolute atomic E-state index is 10.6. The van der Waals surface area contributed by atoms with Gasteiger partial charge in [0.2, 0.25) is 0 Å². The van der Waals surface area contributed by atoms with Crippen LogP contribution in [0.2, 0.25) is 0 Å². The highest BCUT2D eigenvalue weighted by Gasteiger charge is 2.51. The molecule has 21 heavy (non-hydrogen) atoms. The average Bonchev–Trinajstić information content (AvgIpc) is 2.25. The van der Waals surface area contributed by atoms with Crippen molar-refractivity contribution in [1.82, 2.24) is 0 Å². The molecule has 1 heterocycles. The summed E-state index contributed by atoms with van der Waals surface area (Å²) in [6.45, 7) is 9.29. The summed E-state index contributed by atoms with van der Waals surface area (Å²) < 4.78 is 7.47. The number of fused-ring (bicyclic) bond motifs is 1. The van der Waals surface area contributed by atoms with Crippen LogP contribution in [0.25, 0.3) is 0 Å². The highest BCUT2D eigenvalue weighted by atomic mass is 79.9. The molecule has 1 fully saturated rings. The number of hydrogen-bond donors (Lipinski definition) is 1. The van der Waals surface area contributed by atoms with Crippen molar-refractivity contribution in [2.24, 2.45) is 10.8 Å². The van der Waals surface area contributed by atoms with Crippen LogP contribution in [-0.2, 0) is 0 Å². The Kier molecular flexibility index (Phi) is 3.46. The Bertz CT molecular complexity index is 546. The minimum absolute atomic E-state index is 0.231. The summed E-state index contributed by atoms with van der Waals surface area (Å²) in [6, 6.07) is 5.95. The first-order valence-electron chi connectivity index (χ1n) is 7.77. The zero-order valence-corrected chi connectivity index (χ0v) is 15.0. The summed E-state index contributed by atoms with van der Waals surface area (Å²) in [5.41, 5.74) is 1.17. The van der Waals surface area contributed by atoms with E-state index < -0.39 is 6.10 Å². The first-order valence-corrected chi connectivity index (χ1v) is 8.56. The van der Waals surface area contributed by atoms with E-state index in [1.54, 1.807) is 0 Å². The minimum Gasteiger partial charge on any atom is -0.487 e. The smallest absolute Gasteiger partial charge is 0.126 e. The summed E-state index contributed by atoms with van der Waals surface area (Å²) in [6.07, 6.45) is 3.49. The molecule has 3 rings (SSSR count). The first-order chi connectivity index (χ1) is 9.60. The van der Waals surface area contributed by atoms with Crippen LogP contribution in [0.1, 0.15) is 65.0 Å². The van der Waals surface area contributed by atoms with Crippen LogP contribution in [0.3, 0.4) is 0 Å². The second-order valence-electron chi connectivity index (χ2n) is 8.55. The molecule has 1 aliphatic heterocycles. The monoisotopic (exact) mass is 352 g/mol. The Morgan fingerprint density at radius 3 is 2.33 bits per heavy atom. The molecule has 3 heteroatoms. The predicted molar refractivity (Wildman–Crippen MR) is 88.5 cm³/mol. The second-order valence-corrected chi connectivity index (χ2v) is 9.46. The lowest BCUT2D eigenvalue weighted by Crippen LogP contribution is -2.52. The van der Waals surface area contributed by atoms with E-state index in [1.807, 2.05) is 18.2 Å². The molecule has 1 aliphatic carbocycles. The van der Waals surface area contributed by atoms with E-state index in [0.29, 0.717) is 6.42 Å². The zero-order chi connectivity index (χ0) is 15.5. The number of rotatable bonds is 0. The van der Waals surface area contributed by atoms with E-state index in [1.165, 1.54) is 6.42 Å². The lowest BCUT2D eigenvalue weighted by Gasteiger charge is -2.54. The van der Waals surface area contributed by atoms with Crippen molar-refractivity contribution in [2.75, 3.05) is 0 Å². The van der Waals surface area contributed by atoms with Crippen molar-refractivity contribution in [1.29, 1.82) is 0 Å². The van der Waals surface area contributed by atoms with Gasteiger partial charge in [0.25, 0.3) is 0 Å². The highest BCUT2D eigenvalue weighted by molar-refractivity contribution is 9.10. The number of benzene rings is 1. The quantitative estimate of drug-likeness (QED) is 0.691. The molecule has 1 aromatic rings. The first kappa shape index (κ1) is 15.4. The summed E-state index contributed by atoms with van der Waals surface area (Å²) in [4.78, 5) is 0. The maximum atomic E-state index is 10.6. The van der Waals surface area contributed by atoms with Crippen LogP contribution >= 0.6 is 15.9 Å². The third-order valence-corrected chi connectivity index (χ3v) is 5.27. The third-order valence-electron chi connectivity index (χ3n) is 4.78. The molecule has 0 saturated heterocycles. The summed E-state index contributed by atoms with van der Waals surface area (Å²) in [7, 11) is 0. The Morgan fingerprint density at radius 1 is 1.10 bits per heavy atom. The van der Waals surface area contributed by atoms with Gasteiger partial charge in [0.1, 0.15) is 11.4 Å². The van der Waals surface area contributed by atoms with Gasteiger partial charge in [0.15, 0.2) is 0 Å². The molecule has 116 valence electrons. The van der Waals surface area contributed by atoms with Gasteiger partial charge < -0.3 is 9.84 Å². The predicted octanol–water partition coefficient (Wildman–Crippen LogP) is 5.24. The van der Waals surface area contributed by atoms with Gasteiger partial charge in [0.05, 0.1) is 6.10 Å². The molecule has 0 bridgehead atoms. The standard InChI is InChI=1S/C18H25BrO2/c1-16(2)9-17(3,4)11-18(10-16)8-14(20)13-7-12(19)5-6-15(13)21-18/h5-7,14,20H,8-11H2,1-4H3/t14-/m0/s1. The third kappa shape index (κ3) is 3.00. The van der Waals surface area contributed by atoms with Crippen LogP contribution in [0, 0.1) is 10.8 Å². The van der Waals surface area contributed by atoms with E-state index in [0.717, 1.165) is 28.6 Å². The van der Waals surface area contributed by atoms with Gasteiger partial charge in [-0.1, -0.05) is 43.6 Å². The van der Waals surface area contributed by atoms with Gasteiger partial charge >= 0.3 is 0 Å². The molecule has 0 aromatic heterocycles.